The van der Waals surface area contributed by atoms with Gasteiger partial charge in [-0.25, -0.2) is 0 Å². The van der Waals surface area contributed by atoms with E-state index in [9.17, 15) is 14.4 Å². The number of methoxy groups -OCH3 is 1. The molecule has 0 radical (unpaired) electrons. The van der Waals surface area contributed by atoms with Crippen LogP contribution in [0.15, 0.2) is 103 Å². The number of carbonyl (C=O) groups is 3. The first kappa shape index (κ1) is 36.1. The average Bonchev–Trinajstić information content (AvgIpc) is 3.06. The molecule has 0 fully saturated rings. The minimum Gasteiger partial charge on any atom is -0.469 e. The van der Waals surface area contributed by atoms with Crippen molar-refractivity contribution in [3.63, 3.8) is 0 Å². The largest absolute Gasteiger partial charge is 0.469 e. The average molecular weight is 597 g/mol. The van der Waals surface area contributed by atoms with E-state index in [4.69, 9.17) is 9.84 Å². The molecule has 3 unspecified atom stereocenters. The number of esters is 1. The minimum absolute atomic E-state index is 0.0687. The smallest absolute Gasteiger partial charge is 0.309 e. The van der Waals surface area contributed by atoms with Gasteiger partial charge in [-0.15, -0.1) is 0 Å². The number of hydrogen-bond acceptors (Lipinski definition) is 5. The summed E-state index contributed by atoms with van der Waals surface area (Å²) in [5.41, 5.74) is 2.22. The number of hydrogen-bond donors (Lipinski definition) is 1. The minimum atomic E-state index is -0.106. The quantitative estimate of drug-likeness (QED) is 0.100. The summed E-state index contributed by atoms with van der Waals surface area (Å²) in [6.45, 7) is 7.41. The highest BCUT2D eigenvalue weighted by Gasteiger charge is 2.33. The Morgan fingerprint density at radius 1 is 0.682 bits per heavy atom. The van der Waals surface area contributed by atoms with Gasteiger partial charge in [-0.2, -0.15) is 0 Å². The Hall–Kier alpha value is -4.09. The van der Waals surface area contributed by atoms with Gasteiger partial charge in [-0.1, -0.05) is 136 Å². The first-order valence-corrected chi connectivity index (χ1v) is 15.5. The Kier molecular flexibility index (Phi) is 16.4. The summed E-state index contributed by atoms with van der Waals surface area (Å²) in [5, 5.41) is 11.6. The summed E-state index contributed by atoms with van der Waals surface area (Å²) in [6.07, 6.45) is 4.75. The molecule has 0 aliphatic heterocycles. The molecule has 3 atom stereocenters. The first-order chi connectivity index (χ1) is 21.2. The van der Waals surface area contributed by atoms with Gasteiger partial charge in [0.2, 0.25) is 0 Å². The summed E-state index contributed by atoms with van der Waals surface area (Å²) < 4.78 is 5.09. The first-order valence-electron chi connectivity index (χ1n) is 15.5. The number of ketones is 2. The van der Waals surface area contributed by atoms with E-state index in [0.29, 0.717) is 11.1 Å². The van der Waals surface area contributed by atoms with Crippen molar-refractivity contribution in [2.75, 3.05) is 13.7 Å². The van der Waals surface area contributed by atoms with Crippen molar-refractivity contribution in [3.8, 4) is 0 Å². The Bertz CT molecular complexity index is 1330. The van der Waals surface area contributed by atoms with Gasteiger partial charge in [0.15, 0.2) is 11.6 Å². The lowest BCUT2D eigenvalue weighted by Crippen LogP contribution is -2.29. The highest BCUT2D eigenvalue weighted by Crippen LogP contribution is 2.36. The number of aliphatic hydroxyl groups excluding tert-OH is 1. The zero-order chi connectivity index (χ0) is 32.3. The van der Waals surface area contributed by atoms with E-state index in [-0.39, 0.29) is 41.9 Å². The Morgan fingerprint density at radius 3 is 1.55 bits per heavy atom. The fourth-order valence-corrected chi connectivity index (χ4v) is 5.32. The monoisotopic (exact) mass is 596 g/mol. The number of carbonyl (C=O) groups excluding carboxylic acids is 3. The zero-order valence-electron chi connectivity index (χ0n) is 26.9. The Balaban J connectivity index is 0.000000255. The fraction of sp³-hybridized carbons (Fsp3) is 0.359. The van der Waals surface area contributed by atoms with Crippen molar-refractivity contribution in [3.05, 3.63) is 120 Å². The molecule has 234 valence electrons. The highest BCUT2D eigenvalue weighted by atomic mass is 16.5. The van der Waals surface area contributed by atoms with Crippen molar-refractivity contribution in [1.82, 2.24) is 0 Å². The summed E-state index contributed by atoms with van der Waals surface area (Å²) in [5.74, 6) is 0.122. The van der Waals surface area contributed by atoms with E-state index in [1.807, 2.05) is 18.2 Å². The number of ether oxygens (including phenoxy) is 1. The standard InChI is InChI=1S/C19H30O3.C10H10O2.C10H8/c1-4-15(2)18(19(21)22-3)17(13-9-6-10-14-20)16-11-7-5-8-12-16;1-7(11)9-5-3-4-6-10(9)8(2)12;1-2-6-10-8-4-3-7-9(10)5-1/h5,7-8,11-12,15,17-18,20H,4,6,9-10,13-14H2,1-3H3;3-6H,1-2H3;1-8H. The van der Waals surface area contributed by atoms with Gasteiger partial charge in [0.25, 0.3) is 0 Å². The number of rotatable bonds is 12. The van der Waals surface area contributed by atoms with Crippen LogP contribution in [0.4, 0.5) is 0 Å². The number of fused-ring (bicyclic) bond motifs is 1. The van der Waals surface area contributed by atoms with Gasteiger partial charge in [0.1, 0.15) is 0 Å². The van der Waals surface area contributed by atoms with Gasteiger partial charge in [0.05, 0.1) is 13.0 Å². The summed E-state index contributed by atoms with van der Waals surface area (Å²) in [6, 6.07) is 33.8. The van der Waals surface area contributed by atoms with Gasteiger partial charge in [0, 0.05) is 17.7 Å². The molecule has 4 rings (SSSR count). The number of Topliss-reactive ketones (excluding diaryl/α,β-unsaturated/α-hetero) is 2. The lowest BCUT2D eigenvalue weighted by atomic mass is 9.75. The van der Waals surface area contributed by atoms with Crippen LogP contribution in [-0.4, -0.2) is 36.4 Å². The molecule has 0 heterocycles. The second-order valence-corrected chi connectivity index (χ2v) is 11.0. The highest BCUT2D eigenvalue weighted by molar-refractivity contribution is 6.07. The summed E-state index contributed by atoms with van der Waals surface area (Å²) in [7, 11) is 1.48. The van der Waals surface area contributed by atoms with E-state index in [1.54, 1.807) is 24.3 Å². The maximum absolute atomic E-state index is 12.4. The molecule has 44 heavy (non-hydrogen) atoms. The van der Waals surface area contributed by atoms with E-state index in [2.05, 4.69) is 74.5 Å². The molecule has 1 N–H and O–H groups in total. The molecule has 5 heteroatoms. The lowest BCUT2D eigenvalue weighted by Gasteiger charge is -2.30. The molecule has 5 nitrogen and oxygen atoms in total. The zero-order valence-corrected chi connectivity index (χ0v) is 26.9. The van der Waals surface area contributed by atoms with Crippen LogP contribution in [0.1, 0.15) is 92.0 Å². The van der Waals surface area contributed by atoms with Crippen molar-refractivity contribution in [1.29, 1.82) is 0 Å². The molecular formula is C39H48O5. The molecule has 0 aromatic heterocycles. The molecule has 0 saturated carbocycles. The van der Waals surface area contributed by atoms with Gasteiger partial charge < -0.3 is 9.84 Å². The number of aliphatic hydroxyl groups is 1. The van der Waals surface area contributed by atoms with E-state index < -0.39 is 0 Å². The molecule has 0 aliphatic carbocycles. The molecule has 0 amide bonds. The molecule has 0 aliphatic rings. The van der Waals surface area contributed by atoms with Crippen molar-refractivity contribution >= 4 is 28.3 Å². The normalized spacial score (nSPS) is 12.4. The summed E-state index contributed by atoms with van der Waals surface area (Å²) >= 11 is 0. The maximum atomic E-state index is 12.4. The van der Waals surface area contributed by atoms with Gasteiger partial charge >= 0.3 is 5.97 Å². The van der Waals surface area contributed by atoms with E-state index in [1.165, 1.54) is 37.3 Å². The van der Waals surface area contributed by atoms with E-state index >= 15 is 0 Å². The second-order valence-electron chi connectivity index (χ2n) is 11.0. The third-order valence-electron chi connectivity index (χ3n) is 7.91. The SMILES string of the molecule is CC(=O)c1ccccc1C(C)=O.CCC(C)C(C(=O)OC)C(CCCCCO)c1ccccc1.c1ccc2ccccc2c1. The lowest BCUT2D eigenvalue weighted by molar-refractivity contribution is -0.148. The van der Waals surface area contributed by atoms with Crippen LogP contribution in [0.3, 0.4) is 0 Å². The van der Waals surface area contributed by atoms with Crippen LogP contribution in [0, 0.1) is 11.8 Å². The van der Waals surface area contributed by atoms with Crippen LogP contribution in [0.5, 0.6) is 0 Å². The molecule has 4 aromatic rings. The second kappa shape index (κ2) is 20.0. The van der Waals surface area contributed by atoms with Crippen LogP contribution < -0.4 is 0 Å². The van der Waals surface area contributed by atoms with Crippen LogP contribution in [0.25, 0.3) is 10.8 Å². The molecule has 0 bridgehead atoms. The van der Waals surface area contributed by atoms with Crippen molar-refractivity contribution in [2.45, 2.75) is 65.7 Å². The van der Waals surface area contributed by atoms with Gasteiger partial charge in [-0.3, -0.25) is 14.4 Å². The third kappa shape index (κ3) is 11.5. The van der Waals surface area contributed by atoms with E-state index in [0.717, 1.165) is 32.1 Å². The maximum Gasteiger partial charge on any atom is 0.309 e. The Morgan fingerprint density at radius 2 is 1.14 bits per heavy atom. The molecule has 0 saturated heterocycles. The topological polar surface area (TPSA) is 80.7 Å². The fourth-order valence-electron chi connectivity index (χ4n) is 5.32. The van der Waals surface area contributed by atoms with Crippen molar-refractivity contribution < 1.29 is 24.2 Å². The molecule has 4 aromatic carbocycles. The summed E-state index contributed by atoms with van der Waals surface area (Å²) in [4.78, 5) is 34.4. The predicted octanol–water partition coefficient (Wildman–Crippen LogP) is 9.09. The predicted molar refractivity (Wildman–Crippen MR) is 180 cm³/mol. The molecule has 0 spiro atoms. The Labute approximate surface area is 263 Å². The number of unbranched alkanes of at least 4 members (excludes halogenated alkanes) is 2. The van der Waals surface area contributed by atoms with Crippen LogP contribution in [0.2, 0.25) is 0 Å². The van der Waals surface area contributed by atoms with Gasteiger partial charge in [-0.05, 0) is 54.9 Å². The van der Waals surface area contributed by atoms with Crippen molar-refractivity contribution in [2.24, 2.45) is 11.8 Å². The van der Waals surface area contributed by atoms with Crippen LogP contribution >= 0.6 is 0 Å². The van der Waals surface area contributed by atoms with Crippen LogP contribution in [-0.2, 0) is 9.53 Å². The third-order valence-corrected chi connectivity index (χ3v) is 7.91. The number of benzene rings is 4. The molecular weight excluding hydrogens is 548 g/mol.